The Labute approximate surface area is 125 Å². The highest BCUT2D eigenvalue weighted by molar-refractivity contribution is 5.73. The summed E-state index contributed by atoms with van der Waals surface area (Å²) in [6.45, 7) is 8.23. The van der Waals surface area contributed by atoms with Gasteiger partial charge in [0.05, 0.1) is 5.69 Å². The summed E-state index contributed by atoms with van der Waals surface area (Å²) in [4.78, 5) is 11.6. The zero-order valence-electron chi connectivity index (χ0n) is 13.1. The summed E-state index contributed by atoms with van der Waals surface area (Å²) in [6, 6.07) is -0.230. The Morgan fingerprint density at radius 2 is 2.29 bits per heavy atom. The fourth-order valence-electron chi connectivity index (χ4n) is 2.68. The Morgan fingerprint density at radius 3 is 2.95 bits per heavy atom. The van der Waals surface area contributed by atoms with Gasteiger partial charge >= 0.3 is 6.03 Å². The quantitative estimate of drug-likeness (QED) is 0.652. The van der Waals surface area contributed by atoms with Gasteiger partial charge < -0.3 is 11.1 Å². The summed E-state index contributed by atoms with van der Waals surface area (Å²) in [5, 5.41) is 12.1. The molecule has 1 unspecified atom stereocenters. The van der Waals surface area contributed by atoms with Crippen LogP contribution < -0.4 is 16.5 Å². The molecule has 1 aromatic rings. The number of hydrazine groups is 1. The molecule has 0 bridgehead atoms. The van der Waals surface area contributed by atoms with Gasteiger partial charge in [0.2, 0.25) is 0 Å². The molecule has 7 nitrogen and oxygen atoms in total. The molecule has 1 aliphatic heterocycles. The third-order valence-electron chi connectivity index (χ3n) is 3.64. The number of H-pyrrole nitrogens is 1. The minimum absolute atomic E-state index is 0.0607. The van der Waals surface area contributed by atoms with E-state index in [0.29, 0.717) is 19.0 Å². The molecule has 2 rings (SSSR count). The Hall–Kier alpha value is -1.60. The van der Waals surface area contributed by atoms with Crippen molar-refractivity contribution in [1.29, 1.82) is 0 Å². The summed E-state index contributed by atoms with van der Waals surface area (Å²) in [6.07, 6.45) is 1.74. The number of aromatic nitrogens is 2. The topological polar surface area (TPSA) is 99.1 Å². The molecule has 0 spiro atoms. The van der Waals surface area contributed by atoms with Crippen LogP contribution in [-0.4, -0.2) is 34.3 Å². The molecule has 0 radical (unpaired) electrons. The number of amides is 2. The molecule has 0 fully saturated rings. The molecule has 5 N–H and O–H groups in total. The number of carbonyl (C=O) groups is 1. The van der Waals surface area contributed by atoms with Crippen molar-refractivity contribution in [3.63, 3.8) is 0 Å². The lowest BCUT2D eigenvalue weighted by Gasteiger charge is -2.28. The molecule has 1 atom stereocenters. The number of nitrogens with one attached hydrogen (secondary N) is 3. The molecular weight excluding hydrogens is 268 g/mol. The van der Waals surface area contributed by atoms with Crippen molar-refractivity contribution in [2.75, 3.05) is 13.1 Å². The van der Waals surface area contributed by atoms with E-state index in [4.69, 9.17) is 5.73 Å². The Bertz CT molecular complexity index is 484. The standard InChI is InChI=1S/C14H26N6O/c1-4-16-14(21)19-20-6-5-12-10(8-20)13(18-17-12)11(15)7-9(2)3/h9,11H,4-8,15H2,1-3H3,(H,17,18)(H2,16,19,21). The smallest absolute Gasteiger partial charge is 0.329 e. The molecule has 2 amide bonds. The average molecular weight is 294 g/mol. The maximum Gasteiger partial charge on any atom is 0.329 e. The highest BCUT2D eigenvalue weighted by atomic mass is 16.2. The van der Waals surface area contributed by atoms with Crippen molar-refractivity contribution in [2.45, 2.75) is 46.2 Å². The number of rotatable bonds is 5. The lowest BCUT2D eigenvalue weighted by molar-refractivity contribution is 0.164. The van der Waals surface area contributed by atoms with Gasteiger partial charge in [0, 0.05) is 43.4 Å². The van der Waals surface area contributed by atoms with Crippen molar-refractivity contribution in [3.8, 4) is 0 Å². The third-order valence-corrected chi connectivity index (χ3v) is 3.64. The third kappa shape index (κ3) is 3.95. The van der Waals surface area contributed by atoms with Gasteiger partial charge in [-0.3, -0.25) is 10.5 Å². The van der Waals surface area contributed by atoms with Crippen molar-refractivity contribution in [1.82, 2.24) is 25.9 Å². The number of urea groups is 1. The molecule has 0 saturated heterocycles. The second-order valence-corrected chi connectivity index (χ2v) is 5.94. The predicted molar refractivity (Wildman–Crippen MR) is 81.3 cm³/mol. The van der Waals surface area contributed by atoms with E-state index in [-0.39, 0.29) is 12.1 Å². The zero-order chi connectivity index (χ0) is 15.4. The summed E-state index contributed by atoms with van der Waals surface area (Å²) in [7, 11) is 0. The van der Waals surface area contributed by atoms with Gasteiger partial charge in [-0.2, -0.15) is 5.10 Å². The molecule has 0 aliphatic carbocycles. The maximum atomic E-state index is 11.6. The van der Waals surface area contributed by atoms with Crippen LogP contribution in [0, 0.1) is 5.92 Å². The summed E-state index contributed by atoms with van der Waals surface area (Å²) >= 11 is 0. The summed E-state index contributed by atoms with van der Waals surface area (Å²) < 4.78 is 0. The average Bonchev–Trinajstić information content (AvgIpc) is 2.81. The molecule has 0 saturated carbocycles. The van der Waals surface area contributed by atoms with Gasteiger partial charge in [0.25, 0.3) is 0 Å². The van der Waals surface area contributed by atoms with Crippen LogP contribution in [0.15, 0.2) is 0 Å². The van der Waals surface area contributed by atoms with Crippen molar-refractivity contribution in [2.24, 2.45) is 11.7 Å². The van der Waals surface area contributed by atoms with Crippen LogP contribution in [-0.2, 0) is 13.0 Å². The number of aromatic amines is 1. The number of nitrogens with two attached hydrogens (primary N) is 1. The Kier molecular flexibility index (Phi) is 5.19. The van der Waals surface area contributed by atoms with Crippen molar-refractivity contribution in [3.05, 3.63) is 17.0 Å². The molecule has 7 heteroatoms. The second kappa shape index (κ2) is 6.91. The first-order chi connectivity index (χ1) is 10.0. The van der Waals surface area contributed by atoms with E-state index in [1.165, 1.54) is 0 Å². The normalized spacial score (nSPS) is 16.6. The van der Waals surface area contributed by atoms with Crippen LogP contribution >= 0.6 is 0 Å². The van der Waals surface area contributed by atoms with Crippen LogP contribution in [0.4, 0.5) is 4.79 Å². The van der Waals surface area contributed by atoms with Crippen LogP contribution in [0.25, 0.3) is 0 Å². The SMILES string of the molecule is CCNC(=O)NN1CCc2[nH]nc(C(N)CC(C)C)c2C1. The fourth-order valence-corrected chi connectivity index (χ4v) is 2.68. The number of hydrogen-bond acceptors (Lipinski definition) is 4. The predicted octanol–water partition coefficient (Wildman–Crippen LogP) is 1.05. The molecule has 1 aliphatic rings. The highest BCUT2D eigenvalue weighted by Crippen LogP contribution is 2.26. The van der Waals surface area contributed by atoms with Gasteiger partial charge in [-0.15, -0.1) is 0 Å². The molecule has 21 heavy (non-hydrogen) atoms. The largest absolute Gasteiger partial charge is 0.337 e. The zero-order valence-corrected chi connectivity index (χ0v) is 13.1. The van der Waals surface area contributed by atoms with Gasteiger partial charge in [0.15, 0.2) is 0 Å². The molecule has 118 valence electrons. The van der Waals surface area contributed by atoms with E-state index in [1.54, 1.807) is 0 Å². The van der Waals surface area contributed by atoms with E-state index < -0.39 is 0 Å². The van der Waals surface area contributed by atoms with Gasteiger partial charge in [-0.25, -0.2) is 9.80 Å². The minimum atomic E-state index is -0.169. The van der Waals surface area contributed by atoms with Crippen molar-refractivity contribution < 1.29 is 4.79 Å². The number of nitrogens with zero attached hydrogens (tertiary/aromatic N) is 2. The first-order valence-corrected chi connectivity index (χ1v) is 7.62. The number of hydrogen-bond donors (Lipinski definition) is 4. The monoisotopic (exact) mass is 294 g/mol. The van der Waals surface area contributed by atoms with Crippen LogP contribution in [0.1, 0.15) is 50.2 Å². The first-order valence-electron chi connectivity index (χ1n) is 7.62. The first kappa shape index (κ1) is 15.8. The van der Waals surface area contributed by atoms with E-state index in [0.717, 1.165) is 36.3 Å². The minimum Gasteiger partial charge on any atom is -0.337 e. The summed E-state index contributed by atoms with van der Waals surface area (Å²) in [5.74, 6) is 0.528. The van der Waals surface area contributed by atoms with E-state index in [2.05, 4.69) is 34.8 Å². The fraction of sp³-hybridized carbons (Fsp3) is 0.714. The van der Waals surface area contributed by atoms with Crippen LogP contribution in [0.3, 0.4) is 0 Å². The summed E-state index contributed by atoms with van der Waals surface area (Å²) in [5.41, 5.74) is 12.3. The second-order valence-electron chi connectivity index (χ2n) is 5.94. The van der Waals surface area contributed by atoms with Gasteiger partial charge in [-0.1, -0.05) is 13.8 Å². The molecule has 0 aromatic carbocycles. The Balaban J connectivity index is 2.05. The van der Waals surface area contributed by atoms with E-state index in [1.807, 2.05) is 11.9 Å². The van der Waals surface area contributed by atoms with E-state index in [9.17, 15) is 4.79 Å². The lowest BCUT2D eigenvalue weighted by atomic mass is 9.97. The van der Waals surface area contributed by atoms with Gasteiger partial charge in [0.1, 0.15) is 0 Å². The lowest BCUT2D eigenvalue weighted by Crippen LogP contribution is -2.49. The van der Waals surface area contributed by atoms with Crippen LogP contribution in [0.2, 0.25) is 0 Å². The van der Waals surface area contributed by atoms with Gasteiger partial charge in [-0.05, 0) is 19.3 Å². The molecule has 1 aromatic heterocycles. The number of fused-ring (bicyclic) bond motifs is 1. The Morgan fingerprint density at radius 1 is 1.52 bits per heavy atom. The maximum absolute atomic E-state index is 11.6. The number of carbonyl (C=O) groups excluding carboxylic acids is 1. The molecular formula is C14H26N6O. The van der Waals surface area contributed by atoms with Crippen LogP contribution in [0.5, 0.6) is 0 Å². The highest BCUT2D eigenvalue weighted by Gasteiger charge is 2.25. The molecule has 2 heterocycles. The van der Waals surface area contributed by atoms with Crippen molar-refractivity contribution >= 4 is 6.03 Å². The van der Waals surface area contributed by atoms with E-state index >= 15 is 0 Å².